The number of carbonyl (C=O) groups is 3. The molecule has 1 aliphatic carbocycles. The Labute approximate surface area is 155 Å². The van der Waals surface area contributed by atoms with Gasteiger partial charge in [0, 0.05) is 25.2 Å². The number of carboxylic acid groups (broad SMARTS) is 1. The molecule has 0 spiro atoms. The van der Waals surface area contributed by atoms with Crippen LogP contribution in [-0.4, -0.2) is 28.8 Å². The fraction of sp³-hybridized carbons (Fsp3) is 0.571. The quantitative estimate of drug-likeness (QED) is 0.628. The van der Waals surface area contributed by atoms with E-state index in [4.69, 9.17) is 0 Å². The van der Waals surface area contributed by atoms with Crippen LogP contribution in [0.5, 0.6) is 0 Å². The lowest BCUT2D eigenvalue weighted by molar-refractivity contribution is -0.142. The van der Waals surface area contributed by atoms with Crippen molar-refractivity contribution < 1.29 is 19.5 Å². The number of nitrogens with one attached hydrogen (secondary N) is 1. The first kappa shape index (κ1) is 20.1. The number of benzene rings is 1. The number of rotatable bonds is 10. The summed E-state index contributed by atoms with van der Waals surface area (Å²) < 4.78 is 0. The molecule has 0 saturated heterocycles. The minimum Gasteiger partial charge on any atom is -0.480 e. The summed E-state index contributed by atoms with van der Waals surface area (Å²) >= 11 is 0. The highest BCUT2D eigenvalue weighted by molar-refractivity contribution is 5.87. The minimum absolute atomic E-state index is 0.0373. The maximum absolute atomic E-state index is 12.4. The molecule has 1 aliphatic rings. The molecular formula is C21H29NO4. The molecule has 0 aromatic heterocycles. The summed E-state index contributed by atoms with van der Waals surface area (Å²) in [5, 5.41) is 12.1. The Kier molecular flexibility index (Phi) is 7.82. The summed E-state index contributed by atoms with van der Waals surface area (Å²) in [6.07, 6.45) is 5.83. The number of Topliss-reactive ketones (excluding diaryl/α,β-unsaturated/α-hetero) is 1. The molecule has 1 amide bonds. The van der Waals surface area contributed by atoms with Crippen LogP contribution in [0.3, 0.4) is 0 Å². The molecule has 0 bridgehead atoms. The number of hydrogen-bond acceptors (Lipinski definition) is 3. The summed E-state index contributed by atoms with van der Waals surface area (Å²) in [7, 11) is 0. The van der Waals surface area contributed by atoms with Gasteiger partial charge in [0.2, 0.25) is 5.91 Å². The van der Waals surface area contributed by atoms with Gasteiger partial charge in [-0.15, -0.1) is 0 Å². The van der Waals surface area contributed by atoms with Crippen molar-refractivity contribution in [3.63, 3.8) is 0 Å². The lowest BCUT2D eigenvalue weighted by Gasteiger charge is -2.20. The molecule has 0 heterocycles. The van der Waals surface area contributed by atoms with Crippen LogP contribution in [-0.2, 0) is 20.8 Å². The fourth-order valence-electron chi connectivity index (χ4n) is 3.77. The summed E-state index contributed by atoms with van der Waals surface area (Å²) in [6.45, 7) is 2.13. The Hall–Kier alpha value is -2.17. The van der Waals surface area contributed by atoms with Crippen LogP contribution in [0.15, 0.2) is 30.3 Å². The van der Waals surface area contributed by atoms with Gasteiger partial charge in [-0.1, -0.05) is 56.5 Å². The molecule has 1 fully saturated rings. The molecule has 0 unspecified atom stereocenters. The highest BCUT2D eigenvalue weighted by Crippen LogP contribution is 2.35. The van der Waals surface area contributed by atoms with Crippen LogP contribution in [0.1, 0.15) is 57.4 Å². The van der Waals surface area contributed by atoms with E-state index in [1.165, 1.54) is 0 Å². The third-order valence-corrected chi connectivity index (χ3v) is 5.23. The number of amides is 1. The van der Waals surface area contributed by atoms with Crippen LogP contribution in [0, 0.1) is 11.8 Å². The molecule has 1 aromatic carbocycles. The number of carbonyl (C=O) groups excluding carboxylic acids is 2. The predicted octanol–water partition coefficient (Wildman–Crippen LogP) is 3.36. The van der Waals surface area contributed by atoms with Crippen molar-refractivity contribution in [2.24, 2.45) is 11.8 Å². The van der Waals surface area contributed by atoms with Gasteiger partial charge in [-0.3, -0.25) is 9.59 Å². The Morgan fingerprint density at radius 3 is 2.62 bits per heavy atom. The zero-order chi connectivity index (χ0) is 18.9. The number of unbranched alkanes of at least 4 members (excludes halogenated alkanes) is 2. The Balaban J connectivity index is 1.90. The van der Waals surface area contributed by atoms with Gasteiger partial charge < -0.3 is 10.4 Å². The topological polar surface area (TPSA) is 83.5 Å². The van der Waals surface area contributed by atoms with Gasteiger partial charge in [0.25, 0.3) is 0 Å². The maximum Gasteiger partial charge on any atom is 0.326 e. The van der Waals surface area contributed by atoms with Crippen molar-refractivity contribution in [2.75, 3.05) is 0 Å². The Morgan fingerprint density at radius 1 is 1.23 bits per heavy atom. The zero-order valence-corrected chi connectivity index (χ0v) is 15.4. The van der Waals surface area contributed by atoms with Crippen LogP contribution in [0.4, 0.5) is 0 Å². The van der Waals surface area contributed by atoms with Crippen LogP contribution >= 0.6 is 0 Å². The van der Waals surface area contributed by atoms with E-state index in [1.54, 1.807) is 0 Å². The van der Waals surface area contributed by atoms with E-state index in [0.717, 1.165) is 37.7 Å². The van der Waals surface area contributed by atoms with Crippen LogP contribution < -0.4 is 5.32 Å². The SMILES string of the molecule is CCCCC[C@H]1C(=O)CC[C@@H]1CC(=O)N[C@@H](Cc1ccccc1)C(=O)O. The third-order valence-electron chi connectivity index (χ3n) is 5.23. The Bertz CT molecular complexity index is 614. The monoisotopic (exact) mass is 359 g/mol. The second-order valence-corrected chi connectivity index (χ2v) is 7.22. The number of ketones is 1. The first-order chi connectivity index (χ1) is 12.5. The average Bonchev–Trinajstić information content (AvgIpc) is 2.95. The molecule has 2 rings (SSSR count). The first-order valence-electron chi connectivity index (χ1n) is 9.60. The molecule has 5 heteroatoms. The molecule has 3 atom stereocenters. The second kappa shape index (κ2) is 10.1. The molecule has 1 aromatic rings. The van der Waals surface area contributed by atoms with Gasteiger partial charge in [0.1, 0.15) is 11.8 Å². The van der Waals surface area contributed by atoms with Gasteiger partial charge in [-0.2, -0.15) is 0 Å². The third kappa shape index (κ3) is 5.97. The standard InChI is InChI=1S/C21H29NO4/c1-2-3-5-10-17-16(11-12-19(17)23)14-20(24)22-18(21(25)26)13-15-8-6-4-7-9-15/h4,6-9,16-18H,2-3,5,10-14H2,1H3,(H,22,24)(H,25,26)/t16-,17-,18+/m1/s1. The number of hydrogen-bond donors (Lipinski definition) is 2. The smallest absolute Gasteiger partial charge is 0.326 e. The van der Waals surface area contributed by atoms with Gasteiger partial charge in [0.05, 0.1) is 0 Å². The lowest BCUT2D eigenvalue weighted by atomic mass is 9.87. The van der Waals surface area contributed by atoms with Crippen molar-refractivity contribution in [3.05, 3.63) is 35.9 Å². The minimum atomic E-state index is -1.04. The van der Waals surface area contributed by atoms with Gasteiger partial charge >= 0.3 is 5.97 Å². The normalized spacial score (nSPS) is 20.7. The number of aliphatic carboxylic acids is 1. The van der Waals surface area contributed by atoms with Gasteiger partial charge in [-0.25, -0.2) is 4.79 Å². The van der Waals surface area contributed by atoms with E-state index >= 15 is 0 Å². The van der Waals surface area contributed by atoms with Crippen molar-refractivity contribution >= 4 is 17.7 Å². The molecule has 0 radical (unpaired) electrons. The lowest BCUT2D eigenvalue weighted by Crippen LogP contribution is -2.43. The summed E-state index contributed by atoms with van der Waals surface area (Å²) in [6, 6.07) is 8.32. The maximum atomic E-state index is 12.4. The van der Waals surface area contributed by atoms with E-state index in [0.29, 0.717) is 6.42 Å². The van der Waals surface area contributed by atoms with Crippen molar-refractivity contribution in [3.8, 4) is 0 Å². The molecule has 26 heavy (non-hydrogen) atoms. The molecular weight excluding hydrogens is 330 g/mol. The van der Waals surface area contributed by atoms with Gasteiger partial charge in [0.15, 0.2) is 0 Å². The molecule has 2 N–H and O–H groups in total. The molecule has 1 saturated carbocycles. The van der Waals surface area contributed by atoms with E-state index < -0.39 is 12.0 Å². The van der Waals surface area contributed by atoms with E-state index in [2.05, 4.69) is 12.2 Å². The zero-order valence-electron chi connectivity index (χ0n) is 15.4. The van der Waals surface area contributed by atoms with Gasteiger partial charge in [-0.05, 0) is 24.3 Å². The average molecular weight is 359 g/mol. The number of carboxylic acids is 1. The second-order valence-electron chi connectivity index (χ2n) is 7.22. The first-order valence-corrected chi connectivity index (χ1v) is 9.60. The van der Waals surface area contributed by atoms with Crippen molar-refractivity contribution in [1.29, 1.82) is 0 Å². The Morgan fingerprint density at radius 2 is 1.96 bits per heavy atom. The largest absolute Gasteiger partial charge is 0.480 e. The molecule has 5 nitrogen and oxygen atoms in total. The van der Waals surface area contributed by atoms with Crippen molar-refractivity contribution in [1.82, 2.24) is 5.32 Å². The van der Waals surface area contributed by atoms with Crippen molar-refractivity contribution in [2.45, 2.75) is 64.3 Å². The van der Waals surface area contributed by atoms with Crippen LogP contribution in [0.25, 0.3) is 0 Å². The highest BCUT2D eigenvalue weighted by Gasteiger charge is 2.35. The van der Waals surface area contributed by atoms with Crippen LogP contribution in [0.2, 0.25) is 0 Å². The summed E-state index contributed by atoms with van der Waals surface area (Å²) in [5.74, 6) is -1.04. The predicted molar refractivity (Wildman–Crippen MR) is 99.7 cm³/mol. The highest BCUT2D eigenvalue weighted by atomic mass is 16.4. The van der Waals surface area contributed by atoms with E-state index in [1.807, 2.05) is 30.3 Å². The van der Waals surface area contributed by atoms with E-state index in [-0.39, 0.29) is 36.4 Å². The fourth-order valence-corrected chi connectivity index (χ4v) is 3.77. The molecule has 0 aliphatic heterocycles. The van der Waals surface area contributed by atoms with E-state index in [9.17, 15) is 19.5 Å². The summed E-state index contributed by atoms with van der Waals surface area (Å²) in [5.41, 5.74) is 0.869. The molecule has 142 valence electrons. The summed E-state index contributed by atoms with van der Waals surface area (Å²) in [4.78, 5) is 36.0.